The van der Waals surface area contributed by atoms with Crippen molar-refractivity contribution < 1.29 is 0 Å². The summed E-state index contributed by atoms with van der Waals surface area (Å²) in [6.45, 7) is 11.0. The van der Waals surface area contributed by atoms with Crippen LogP contribution in [0.15, 0.2) is 48.8 Å². The van der Waals surface area contributed by atoms with Gasteiger partial charge in [0, 0.05) is 18.5 Å². The summed E-state index contributed by atoms with van der Waals surface area (Å²) in [6, 6.07) is 15.4. The minimum Gasteiger partial charge on any atom is -0.369 e. The molecule has 4 heteroatoms. The zero-order valence-corrected chi connectivity index (χ0v) is 17.2. The fourth-order valence-corrected chi connectivity index (χ4v) is 3.77. The van der Waals surface area contributed by atoms with Crippen molar-refractivity contribution >= 4 is 16.7 Å². The lowest BCUT2D eigenvalue weighted by Gasteiger charge is -2.20. The Hall–Kier alpha value is -2.46. The molecular weight excluding hydrogens is 344 g/mol. The summed E-state index contributed by atoms with van der Waals surface area (Å²) >= 11 is 0. The van der Waals surface area contributed by atoms with Gasteiger partial charge in [0.05, 0.1) is 5.52 Å². The van der Waals surface area contributed by atoms with Crippen molar-refractivity contribution in [2.45, 2.75) is 40.2 Å². The van der Waals surface area contributed by atoms with Gasteiger partial charge in [0.1, 0.15) is 12.1 Å². The van der Waals surface area contributed by atoms with E-state index >= 15 is 0 Å². The quantitative estimate of drug-likeness (QED) is 0.653. The van der Waals surface area contributed by atoms with Crippen LogP contribution >= 0.6 is 0 Å². The van der Waals surface area contributed by atoms with Crippen LogP contribution in [0, 0.1) is 5.41 Å². The maximum atomic E-state index is 4.50. The molecule has 0 aliphatic carbocycles. The number of nitrogens with one attached hydrogen (secondary N) is 1. The molecule has 0 spiro atoms. The predicted octanol–water partition coefficient (Wildman–Crippen LogP) is 5.35. The van der Waals surface area contributed by atoms with E-state index < -0.39 is 0 Å². The molecule has 0 atom stereocenters. The van der Waals surface area contributed by atoms with Crippen molar-refractivity contribution in [3.8, 4) is 11.1 Å². The van der Waals surface area contributed by atoms with Gasteiger partial charge in [0.2, 0.25) is 0 Å². The van der Waals surface area contributed by atoms with Crippen LogP contribution in [0.4, 0.5) is 5.82 Å². The van der Waals surface area contributed by atoms with Crippen molar-refractivity contribution in [1.29, 1.82) is 0 Å². The third-order valence-electron chi connectivity index (χ3n) is 5.29. The molecule has 146 valence electrons. The van der Waals surface area contributed by atoms with Gasteiger partial charge in [-0.15, -0.1) is 0 Å². The lowest BCUT2D eigenvalue weighted by molar-refractivity contribution is 0.331. The van der Waals surface area contributed by atoms with Gasteiger partial charge < -0.3 is 5.32 Å². The third kappa shape index (κ3) is 4.50. The smallest absolute Gasteiger partial charge is 0.137 e. The van der Waals surface area contributed by atoms with E-state index in [0.29, 0.717) is 0 Å². The van der Waals surface area contributed by atoms with E-state index in [1.165, 1.54) is 42.6 Å². The molecular formula is C24H30N4. The lowest BCUT2D eigenvalue weighted by atomic mass is 9.97. The molecule has 2 heterocycles. The molecule has 28 heavy (non-hydrogen) atoms. The third-order valence-corrected chi connectivity index (χ3v) is 5.29. The molecule has 0 unspecified atom stereocenters. The molecule has 4 rings (SSSR count). The molecule has 1 aliphatic rings. The van der Waals surface area contributed by atoms with Gasteiger partial charge in [-0.25, -0.2) is 9.97 Å². The van der Waals surface area contributed by atoms with Crippen LogP contribution < -0.4 is 5.32 Å². The van der Waals surface area contributed by atoms with Gasteiger partial charge in [-0.05, 0) is 66.2 Å². The van der Waals surface area contributed by atoms with Gasteiger partial charge in [-0.1, -0.05) is 45.0 Å². The first-order chi connectivity index (χ1) is 13.5. The second-order valence-electron chi connectivity index (χ2n) is 9.05. The van der Waals surface area contributed by atoms with Crippen LogP contribution in [0.1, 0.15) is 39.2 Å². The number of aromatic nitrogens is 2. The standard InChI is InChI=1S/C24H30N4/c1-24(2,3)16-25-23-21-14-20(9-10-22(21)26-17-27-23)19-8-6-7-18(13-19)15-28-11-4-5-12-28/h6-10,13-14,17H,4-5,11-12,15-16H2,1-3H3,(H,25,26,27). The Bertz CT molecular complexity index is 952. The summed E-state index contributed by atoms with van der Waals surface area (Å²) in [4.78, 5) is 11.5. The summed E-state index contributed by atoms with van der Waals surface area (Å²) in [5, 5.41) is 4.59. The normalized spacial score (nSPS) is 15.2. The maximum absolute atomic E-state index is 4.50. The molecule has 1 fully saturated rings. The van der Waals surface area contributed by atoms with Crippen LogP contribution in [0.25, 0.3) is 22.0 Å². The number of fused-ring (bicyclic) bond motifs is 1. The second kappa shape index (κ2) is 7.88. The van der Waals surface area contributed by atoms with Gasteiger partial charge >= 0.3 is 0 Å². The highest BCUT2D eigenvalue weighted by Gasteiger charge is 2.14. The molecule has 0 amide bonds. The Morgan fingerprint density at radius 3 is 2.54 bits per heavy atom. The van der Waals surface area contributed by atoms with Gasteiger partial charge in [-0.2, -0.15) is 0 Å². The number of hydrogen-bond acceptors (Lipinski definition) is 4. The maximum Gasteiger partial charge on any atom is 0.137 e. The van der Waals surface area contributed by atoms with Crippen LogP contribution in [-0.2, 0) is 6.54 Å². The SMILES string of the molecule is CC(C)(C)CNc1ncnc2ccc(-c3cccc(CN4CCCC4)c3)cc12. The van der Waals surface area contributed by atoms with E-state index in [1.54, 1.807) is 6.33 Å². The number of benzene rings is 2. The number of rotatable bonds is 5. The van der Waals surface area contributed by atoms with Crippen molar-refractivity contribution in [1.82, 2.24) is 14.9 Å². The topological polar surface area (TPSA) is 41.1 Å². The van der Waals surface area contributed by atoms with Gasteiger partial charge in [0.25, 0.3) is 0 Å². The summed E-state index contributed by atoms with van der Waals surface area (Å²) in [5.41, 5.74) is 5.02. The van der Waals surface area contributed by atoms with E-state index in [2.05, 4.69) is 83.4 Å². The van der Waals surface area contributed by atoms with Crippen LogP contribution in [0.5, 0.6) is 0 Å². The van der Waals surface area contributed by atoms with E-state index in [4.69, 9.17) is 0 Å². The highest BCUT2D eigenvalue weighted by atomic mass is 15.1. The van der Waals surface area contributed by atoms with Crippen LogP contribution in [0.3, 0.4) is 0 Å². The first-order valence-electron chi connectivity index (χ1n) is 10.3. The van der Waals surface area contributed by atoms with Crippen molar-refractivity contribution in [3.63, 3.8) is 0 Å². The van der Waals surface area contributed by atoms with E-state index in [-0.39, 0.29) is 5.41 Å². The van der Waals surface area contributed by atoms with E-state index in [9.17, 15) is 0 Å². The number of anilines is 1. The van der Waals surface area contributed by atoms with E-state index in [1.807, 2.05) is 0 Å². The molecule has 0 bridgehead atoms. The Balaban J connectivity index is 1.63. The molecule has 1 aromatic heterocycles. The summed E-state index contributed by atoms with van der Waals surface area (Å²) in [6.07, 6.45) is 4.30. The lowest BCUT2D eigenvalue weighted by Crippen LogP contribution is -2.19. The van der Waals surface area contributed by atoms with Crippen molar-refractivity contribution in [2.75, 3.05) is 25.0 Å². The highest BCUT2D eigenvalue weighted by molar-refractivity contribution is 5.92. The molecule has 2 aromatic carbocycles. The minimum atomic E-state index is 0.193. The Labute approximate surface area is 168 Å². The number of likely N-dealkylation sites (tertiary alicyclic amines) is 1. The molecule has 4 nitrogen and oxygen atoms in total. The Morgan fingerprint density at radius 1 is 0.964 bits per heavy atom. The largest absolute Gasteiger partial charge is 0.369 e. The van der Waals surface area contributed by atoms with Crippen LogP contribution in [0.2, 0.25) is 0 Å². The first kappa shape index (κ1) is 18.9. The molecule has 1 N–H and O–H groups in total. The minimum absolute atomic E-state index is 0.193. The number of hydrogen-bond donors (Lipinski definition) is 1. The predicted molar refractivity (Wildman–Crippen MR) is 117 cm³/mol. The average Bonchev–Trinajstić information content (AvgIpc) is 3.18. The molecule has 3 aromatic rings. The zero-order chi connectivity index (χ0) is 19.6. The van der Waals surface area contributed by atoms with Crippen LogP contribution in [-0.4, -0.2) is 34.5 Å². The second-order valence-corrected chi connectivity index (χ2v) is 9.05. The molecule has 1 aliphatic heterocycles. The molecule has 0 saturated carbocycles. The fourth-order valence-electron chi connectivity index (χ4n) is 3.77. The molecule has 0 radical (unpaired) electrons. The van der Waals surface area contributed by atoms with E-state index in [0.717, 1.165) is 29.8 Å². The van der Waals surface area contributed by atoms with Crippen molar-refractivity contribution in [2.24, 2.45) is 5.41 Å². The molecule has 1 saturated heterocycles. The Kier molecular flexibility index (Phi) is 5.31. The van der Waals surface area contributed by atoms with Crippen molar-refractivity contribution in [3.05, 3.63) is 54.4 Å². The monoisotopic (exact) mass is 374 g/mol. The Morgan fingerprint density at radius 2 is 1.75 bits per heavy atom. The summed E-state index contributed by atoms with van der Waals surface area (Å²) in [7, 11) is 0. The summed E-state index contributed by atoms with van der Waals surface area (Å²) < 4.78 is 0. The summed E-state index contributed by atoms with van der Waals surface area (Å²) in [5.74, 6) is 0.912. The first-order valence-corrected chi connectivity index (χ1v) is 10.3. The highest BCUT2D eigenvalue weighted by Crippen LogP contribution is 2.28. The average molecular weight is 375 g/mol. The van der Waals surface area contributed by atoms with Gasteiger partial charge in [0.15, 0.2) is 0 Å². The fraction of sp³-hybridized carbons (Fsp3) is 0.417. The zero-order valence-electron chi connectivity index (χ0n) is 17.2. The van der Waals surface area contributed by atoms with Gasteiger partial charge in [-0.3, -0.25) is 4.90 Å². The number of nitrogens with zero attached hydrogens (tertiary/aromatic N) is 3.